The minimum absolute atomic E-state index is 0.233. The van der Waals surface area contributed by atoms with Gasteiger partial charge in [0.25, 0.3) is 0 Å². The number of carbonyl (C=O) groups excluding carboxylic acids is 1. The molecule has 2 fully saturated rings. The van der Waals surface area contributed by atoms with Crippen LogP contribution in [0.3, 0.4) is 0 Å². The van der Waals surface area contributed by atoms with Gasteiger partial charge in [-0.25, -0.2) is 0 Å². The summed E-state index contributed by atoms with van der Waals surface area (Å²) in [4.78, 5) is 12.8. The van der Waals surface area contributed by atoms with Crippen LogP contribution in [0.5, 0.6) is 0 Å². The van der Waals surface area contributed by atoms with Crippen LogP contribution < -0.4 is 10.6 Å². The molecule has 1 aliphatic heterocycles. The quantitative estimate of drug-likeness (QED) is 0.874. The van der Waals surface area contributed by atoms with Crippen molar-refractivity contribution in [3.8, 4) is 0 Å². The predicted molar refractivity (Wildman–Crippen MR) is 90.1 cm³/mol. The summed E-state index contributed by atoms with van der Waals surface area (Å²) in [6.45, 7) is 1.84. The maximum Gasteiger partial charge on any atom is 0.226 e. The summed E-state index contributed by atoms with van der Waals surface area (Å²) >= 11 is 6.09. The zero-order valence-corrected chi connectivity index (χ0v) is 13.8. The topological polar surface area (TPSA) is 41.1 Å². The first-order valence-corrected chi connectivity index (χ1v) is 8.82. The third-order valence-electron chi connectivity index (χ3n) is 5.15. The molecule has 22 heavy (non-hydrogen) atoms. The maximum atomic E-state index is 12.8. The highest BCUT2D eigenvalue weighted by Gasteiger charge is 2.41. The fourth-order valence-corrected chi connectivity index (χ4v) is 4.12. The average Bonchev–Trinajstić information content (AvgIpc) is 3.17. The Labute approximate surface area is 137 Å². The molecule has 0 spiro atoms. The van der Waals surface area contributed by atoms with Crippen molar-refractivity contribution in [2.45, 2.75) is 51.0 Å². The Kier molecular flexibility index (Phi) is 5.04. The Morgan fingerprint density at radius 3 is 2.82 bits per heavy atom. The van der Waals surface area contributed by atoms with Crippen LogP contribution in [0.2, 0.25) is 5.02 Å². The lowest BCUT2D eigenvalue weighted by molar-refractivity contribution is -0.130. The molecule has 1 unspecified atom stereocenters. The second-order valence-corrected chi connectivity index (χ2v) is 7.23. The van der Waals surface area contributed by atoms with Crippen LogP contribution in [-0.4, -0.2) is 25.0 Å². The molecule has 0 aromatic heterocycles. The van der Waals surface area contributed by atoms with E-state index in [-0.39, 0.29) is 11.3 Å². The number of halogens is 1. The zero-order valence-electron chi connectivity index (χ0n) is 13.0. The Hall–Kier alpha value is -1.06. The van der Waals surface area contributed by atoms with Crippen LogP contribution in [0, 0.1) is 5.41 Å². The van der Waals surface area contributed by atoms with Crippen LogP contribution in [0.15, 0.2) is 24.3 Å². The lowest BCUT2D eigenvalue weighted by Crippen LogP contribution is -2.45. The van der Waals surface area contributed by atoms with Crippen LogP contribution in [0.25, 0.3) is 0 Å². The normalized spacial score (nSPS) is 23.6. The van der Waals surface area contributed by atoms with Gasteiger partial charge in [-0.2, -0.15) is 0 Å². The van der Waals surface area contributed by atoms with E-state index in [1.165, 1.54) is 18.4 Å². The molecule has 1 aromatic rings. The largest absolute Gasteiger partial charge is 0.354 e. The second-order valence-electron chi connectivity index (χ2n) is 6.80. The van der Waals surface area contributed by atoms with Gasteiger partial charge in [0.1, 0.15) is 0 Å². The van der Waals surface area contributed by atoms with Gasteiger partial charge in [0.05, 0.1) is 5.41 Å². The molecule has 1 amide bonds. The molecule has 1 aromatic carbocycles. The number of hydrogen-bond acceptors (Lipinski definition) is 2. The molecular weight excluding hydrogens is 296 g/mol. The summed E-state index contributed by atoms with van der Waals surface area (Å²) in [5.41, 5.74) is 0.937. The minimum Gasteiger partial charge on any atom is -0.354 e. The summed E-state index contributed by atoms with van der Waals surface area (Å²) in [6, 6.07) is 8.39. The number of benzene rings is 1. The van der Waals surface area contributed by atoms with E-state index in [0.717, 1.165) is 50.2 Å². The summed E-state index contributed by atoms with van der Waals surface area (Å²) in [5.74, 6) is 0.235. The van der Waals surface area contributed by atoms with Crippen molar-refractivity contribution in [2.75, 3.05) is 13.1 Å². The molecule has 4 heteroatoms. The van der Waals surface area contributed by atoms with Crippen LogP contribution >= 0.6 is 11.6 Å². The molecule has 1 atom stereocenters. The number of rotatable bonds is 5. The molecule has 2 N–H and O–H groups in total. The smallest absolute Gasteiger partial charge is 0.226 e. The molecule has 1 saturated carbocycles. The maximum absolute atomic E-state index is 12.8. The number of nitrogens with one attached hydrogen (secondary N) is 2. The molecule has 3 rings (SSSR count). The first kappa shape index (κ1) is 15.8. The van der Waals surface area contributed by atoms with Crippen molar-refractivity contribution in [3.05, 3.63) is 34.9 Å². The van der Waals surface area contributed by atoms with Crippen molar-refractivity contribution >= 4 is 17.5 Å². The molecule has 120 valence electrons. The second kappa shape index (κ2) is 7.01. The first-order chi connectivity index (χ1) is 10.7. The standard InChI is InChI=1S/C18H25ClN2O/c19-15-6-3-5-14(11-15)12-18(8-1-2-9-18)17(22)21-13-16-7-4-10-20-16/h3,5-6,11,16,20H,1-2,4,7-10,12-13H2,(H,21,22). The highest BCUT2D eigenvalue weighted by Crippen LogP contribution is 2.41. The van der Waals surface area contributed by atoms with Gasteiger partial charge in [-0.05, 0) is 56.3 Å². The Morgan fingerprint density at radius 1 is 1.32 bits per heavy atom. The molecule has 1 saturated heterocycles. The van der Waals surface area contributed by atoms with E-state index in [1.807, 2.05) is 18.2 Å². The minimum atomic E-state index is -0.233. The Bertz CT molecular complexity index is 520. The average molecular weight is 321 g/mol. The summed E-state index contributed by atoms with van der Waals surface area (Å²) < 4.78 is 0. The van der Waals surface area contributed by atoms with E-state index < -0.39 is 0 Å². The Balaban J connectivity index is 1.66. The van der Waals surface area contributed by atoms with Gasteiger partial charge in [-0.1, -0.05) is 36.6 Å². The van der Waals surface area contributed by atoms with Crippen LogP contribution in [-0.2, 0) is 11.2 Å². The Morgan fingerprint density at radius 2 is 2.14 bits per heavy atom. The third-order valence-corrected chi connectivity index (χ3v) is 5.38. The fourth-order valence-electron chi connectivity index (χ4n) is 3.91. The number of hydrogen-bond donors (Lipinski definition) is 2. The summed E-state index contributed by atoms with van der Waals surface area (Å²) in [6.07, 6.45) is 7.46. The molecule has 1 aliphatic carbocycles. The van der Waals surface area contributed by atoms with Gasteiger partial charge in [0, 0.05) is 17.6 Å². The number of carbonyl (C=O) groups is 1. The van der Waals surface area contributed by atoms with Crippen LogP contribution in [0.1, 0.15) is 44.1 Å². The van der Waals surface area contributed by atoms with Gasteiger partial charge in [-0.3, -0.25) is 4.79 Å². The molecule has 0 radical (unpaired) electrons. The van der Waals surface area contributed by atoms with Gasteiger partial charge >= 0.3 is 0 Å². The SMILES string of the molecule is O=C(NCC1CCCN1)C1(Cc2cccc(Cl)c2)CCCC1. The van der Waals surface area contributed by atoms with E-state index in [9.17, 15) is 4.79 Å². The van der Waals surface area contributed by atoms with Crippen molar-refractivity contribution < 1.29 is 4.79 Å². The summed E-state index contributed by atoms with van der Waals surface area (Å²) in [5, 5.41) is 7.40. The zero-order chi connectivity index (χ0) is 15.4. The van der Waals surface area contributed by atoms with Gasteiger partial charge in [0.2, 0.25) is 5.91 Å². The number of amides is 1. The van der Waals surface area contributed by atoms with Gasteiger partial charge in [0.15, 0.2) is 0 Å². The van der Waals surface area contributed by atoms with E-state index in [2.05, 4.69) is 16.7 Å². The lowest BCUT2D eigenvalue weighted by atomic mass is 9.79. The highest BCUT2D eigenvalue weighted by atomic mass is 35.5. The predicted octanol–water partition coefficient (Wildman–Crippen LogP) is 3.31. The molecule has 2 aliphatic rings. The van der Waals surface area contributed by atoms with Crippen molar-refractivity contribution in [1.29, 1.82) is 0 Å². The molecule has 3 nitrogen and oxygen atoms in total. The van der Waals surface area contributed by atoms with Crippen LogP contribution in [0.4, 0.5) is 0 Å². The van der Waals surface area contributed by atoms with Gasteiger partial charge < -0.3 is 10.6 Å². The molecule has 0 bridgehead atoms. The van der Waals surface area contributed by atoms with E-state index in [4.69, 9.17) is 11.6 Å². The van der Waals surface area contributed by atoms with Crippen molar-refractivity contribution in [3.63, 3.8) is 0 Å². The third kappa shape index (κ3) is 3.64. The first-order valence-electron chi connectivity index (χ1n) is 8.44. The van der Waals surface area contributed by atoms with E-state index in [0.29, 0.717) is 6.04 Å². The monoisotopic (exact) mass is 320 g/mol. The molecule has 1 heterocycles. The fraction of sp³-hybridized carbons (Fsp3) is 0.611. The van der Waals surface area contributed by atoms with Crippen molar-refractivity contribution in [2.24, 2.45) is 5.41 Å². The van der Waals surface area contributed by atoms with Crippen molar-refractivity contribution in [1.82, 2.24) is 10.6 Å². The highest BCUT2D eigenvalue weighted by molar-refractivity contribution is 6.30. The van der Waals surface area contributed by atoms with E-state index >= 15 is 0 Å². The summed E-state index contributed by atoms with van der Waals surface area (Å²) in [7, 11) is 0. The van der Waals surface area contributed by atoms with Gasteiger partial charge in [-0.15, -0.1) is 0 Å². The van der Waals surface area contributed by atoms with E-state index in [1.54, 1.807) is 0 Å². The molecular formula is C18H25ClN2O. The lowest BCUT2D eigenvalue weighted by Gasteiger charge is -2.28.